The fourth-order valence-electron chi connectivity index (χ4n) is 1.90. The molecule has 2 aromatic rings. The Morgan fingerprint density at radius 3 is 2.50 bits per heavy atom. The van der Waals surface area contributed by atoms with Gasteiger partial charge in [-0.3, -0.25) is 4.79 Å². The number of para-hydroxylation sites is 2. The van der Waals surface area contributed by atoms with Crippen molar-refractivity contribution in [3.63, 3.8) is 0 Å². The molecule has 0 saturated heterocycles. The number of amides is 1. The summed E-state index contributed by atoms with van der Waals surface area (Å²) >= 11 is 0. The number of carbonyl (C=O) groups excluding carboxylic acids is 1. The lowest BCUT2D eigenvalue weighted by molar-refractivity contribution is -0.119. The average Bonchev–Trinajstić information content (AvgIpc) is 2.58. The standard InChI is InChI=1S/C17H19N3O2/c1-13(14-8-4-3-5-9-14)19-20-17(21)12-18-15-10-6-7-11-16(15)22-2/h3-11,18H,12H2,1-2H3,(H,20,21)/b19-13+. The quantitative estimate of drug-likeness (QED) is 0.636. The third kappa shape index (κ3) is 4.34. The van der Waals surface area contributed by atoms with Gasteiger partial charge < -0.3 is 10.1 Å². The highest BCUT2D eigenvalue weighted by Gasteiger charge is 2.04. The Balaban J connectivity index is 1.88. The zero-order chi connectivity index (χ0) is 15.8. The molecule has 5 nitrogen and oxygen atoms in total. The number of anilines is 1. The molecule has 0 heterocycles. The summed E-state index contributed by atoms with van der Waals surface area (Å²) in [5.41, 5.74) is 5.03. The molecule has 2 N–H and O–H groups in total. The van der Waals surface area contributed by atoms with E-state index in [1.807, 2.05) is 61.5 Å². The van der Waals surface area contributed by atoms with Crippen LogP contribution in [0.25, 0.3) is 0 Å². The van der Waals surface area contributed by atoms with Gasteiger partial charge in [0.25, 0.3) is 5.91 Å². The molecule has 0 spiro atoms. The maximum absolute atomic E-state index is 11.8. The van der Waals surface area contributed by atoms with E-state index in [0.29, 0.717) is 5.75 Å². The van der Waals surface area contributed by atoms with Crippen LogP contribution in [0.1, 0.15) is 12.5 Å². The minimum atomic E-state index is -0.221. The number of hydrazone groups is 1. The Morgan fingerprint density at radius 1 is 1.09 bits per heavy atom. The van der Waals surface area contributed by atoms with Crippen LogP contribution in [0.4, 0.5) is 5.69 Å². The highest BCUT2D eigenvalue weighted by Crippen LogP contribution is 2.22. The van der Waals surface area contributed by atoms with E-state index in [9.17, 15) is 4.79 Å². The van der Waals surface area contributed by atoms with E-state index in [-0.39, 0.29) is 12.5 Å². The van der Waals surface area contributed by atoms with Gasteiger partial charge in [0.1, 0.15) is 5.75 Å². The number of rotatable bonds is 6. The Labute approximate surface area is 130 Å². The van der Waals surface area contributed by atoms with Crippen LogP contribution >= 0.6 is 0 Å². The topological polar surface area (TPSA) is 62.7 Å². The van der Waals surface area contributed by atoms with E-state index in [0.717, 1.165) is 17.0 Å². The molecule has 2 aromatic carbocycles. The normalized spacial score (nSPS) is 10.9. The van der Waals surface area contributed by atoms with E-state index >= 15 is 0 Å². The molecule has 0 fully saturated rings. The lowest BCUT2D eigenvalue weighted by Crippen LogP contribution is -2.26. The molecule has 114 valence electrons. The molecule has 5 heteroatoms. The summed E-state index contributed by atoms with van der Waals surface area (Å²) in [6.07, 6.45) is 0. The lowest BCUT2D eigenvalue weighted by Gasteiger charge is -2.10. The number of nitrogens with zero attached hydrogens (tertiary/aromatic N) is 1. The van der Waals surface area contributed by atoms with Crippen molar-refractivity contribution >= 4 is 17.3 Å². The van der Waals surface area contributed by atoms with E-state index in [2.05, 4.69) is 15.8 Å². The first-order valence-electron chi connectivity index (χ1n) is 6.96. The minimum absolute atomic E-state index is 0.117. The minimum Gasteiger partial charge on any atom is -0.495 e. The molecule has 0 aliphatic rings. The highest BCUT2D eigenvalue weighted by molar-refractivity contribution is 5.99. The van der Waals surface area contributed by atoms with Crippen LogP contribution in [0.3, 0.4) is 0 Å². The SMILES string of the molecule is COc1ccccc1NCC(=O)N/N=C(\C)c1ccccc1. The molecular weight excluding hydrogens is 278 g/mol. The van der Waals surface area contributed by atoms with Crippen LogP contribution in [0.15, 0.2) is 59.7 Å². The third-order valence-corrected chi connectivity index (χ3v) is 3.09. The molecule has 0 bridgehead atoms. The second-order valence-corrected chi connectivity index (χ2v) is 4.65. The van der Waals surface area contributed by atoms with Gasteiger partial charge in [-0.25, -0.2) is 5.43 Å². The molecule has 0 saturated carbocycles. The Hall–Kier alpha value is -2.82. The summed E-state index contributed by atoms with van der Waals surface area (Å²) in [6.45, 7) is 1.97. The van der Waals surface area contributed by atoms with Gasteiger partial charge in [-0.2, -0.15) is 5.10 Å². The van der Waals surface area contributed by atoms with Gasteiger partial charge in [-0.05, 0) is 24.6 Å². The molecule has 0 aliphatic carbocycles. The molecule has 2 rings (SSSR count). The summed E-state index contributed by atoms with van der Waals surface area (Å²) < 4.78 is 5.21. The summed E-state index contributed by atoms with van der Waals surface area (Å²) in [5.74, 6) is 0.473. The Morgan fingerprint density at radius 2 is 1.77 bits per heavy atom. The van der Waals surface area contributed by atoms with Crippen molar-refractivity contribution in [1.29, 1.82) is 0 Å². The number of benzene rings is 2. The maximum Gasteiger partial charge on any atom is 0.259 e. The van der Waals surface area contributed by atoms with Gasteiger partial charge in [-0.1, -0.05) is 42.5 Å². The fraction of sp³-hybridized carbons (Fsp3) is 0.176. The molecule has 0 aliphatic heterocycles. The van der Waals surface area contributed by atoms with Crippen molar-refractivity contribution in [3.8, 4) is 5.75 Å². The van der Waals surface area contributed by atoms with Gasteiger partial charge in [0.15, 0.2) is 0 Å². The number of nitrogens with one attached hydrogen (secondary N) is 2. The monoisotopic (exact) mass is 297 g/mol. The van der Waals surface area contributed by atoms with Crippen LogP contribution in [0, 0.1) is 0 Å². The zero-order valence-electron chi connectivity index (χ0n) is 12.7. The lowest BCUT2D eigenvalue weighted by atomic mass is 10.1. The van der Waals surface area contributed by atoms with E-state index < -0.39 is 0 Å². The first-order chi connectivity index (χ1) is 10.7. The van der Waals surface area contributed by atoms with Crippen LogP contribution in [-0.2, 0) is 4.79 Å². The molecule has 0 aromatic heterocycles. The number of methoxy groups -OCH3 is 1. The second kappa shape index (κ2) is 7.83. The second-order valence-electron chi connectivity index (χ2n) is 4.65. The van der Waals surface area contributed by atoms with Crippen LogP contribution in [-0.4, -0.2) is 25.3 Å². The maximum atomic E-state index is 11.8. The highest BCUT2D eigenvalue weighted by atomic mass is 16.5. The van der Waals surface area contributed by atoms with Crippen molar-refractivity contribution in [2.75, 3.05) is 19.0 Å². The molecule has 0 radical (unpaired) electrons. The fourth-order valence-corrected chi connectivity index (χ4v) is 1.90. The zero-order valence-corrected chi connectivity index (χ0v) is 12.7. The van der Waals surface area contributed by atoms with Gasteiger partial charge in [0.2, 0.25) is 0 Å². The predicted octanol–water partition coefficient (Wildman–Crippen LogP) is 2.65. The molecule has 22 heavy (non-hydrogen) atoms. The number of hydrogen-bond donors (Lipinski definition) is 2. The first kappa shape index (κ1) is 15.6. The summed E-state index contributed by atoms with van der Waals surface area (Å²) in [6, 6.07) is 17.1. The summed E-state index contributed by atoms with van der Waals surface area (Å²) in [7, 11) is 1.59. The van der Waals surface area contributed by atoms with Crippen molar-refractivity contribution in [2.24, 2.45) is 5.10 Å². The van der Waals surface area contributed by atoms with Crippen LogP contribution in [0.2, 0.25) is 0 Å². The van der Waals surface area contributed by atoms with Gasteiger partial charge in [0, 0.05) is 0 Å². The predicted molar refractivity (Wildman–Crippen MR) is 88.3 cm³/mol. The number of hydrogen-bond acceptors (Lipinski definition) is 4. The van der Waals surface area contributed by atoms with E-state index in [4.69, 9.17) is 4.74 Å². The molecule has 0 unspecified atom stereocenters. The van der Waals surface area contributed by atoms with E-state index in [1.165, 1.54) is 0 Å². The third-order valence-electron chi connectivity index (χ3n) is 3.09. The first-order valence-corrected chi connectivity index (χ1v) is 6.96. The average molecular weight is 297 g/mol. The Kier molecular flexibility index (Phi) is 5.54. The Bertz CT molecular complexity index is 654. The molecule has 0 atom stereocenters. The van der Waals surface area contributed by atoms with Gasteiger partial charge >= 0.3 is 0 Å². The van der Waals surface area contributed by atoms with Crippen molar-refractivity contribution in [1.82, 2.24) is 5.43 Å². The molecular formula is C17H19N3O2. The number of carbonyl (C=O) groups is 1. The summed E-state index contributed by atoms with van der Waals surface area (Å²) in [5, 5.41) is 7.12. The van der Waals surface area contributed by atoms with Crippen molar-refractivity contribution in [3.05, 3.63) is 60.2 Å². The van der Waals surface area contributed by atoms with Crippen molar-refractivity contribution in [2.45, 2.75) is 6.92 Å². The number of ether oxygens (including phenoxy) is 1. The summed E-state index contributed by atoms with van der Waals surface area (Å²) in [4.78, 5) is 11.8. The van der Waals surface area contributed by atoms with E-state index in [1.54, 1.807) is 7.11 Å². The van der Waals surface area contributed by atoms with Crippen LogP contribution in [0.5, 0.6) is 5.75 Å². The smallest absolute Gasteiger partial charge is 0.259 e. The largest absolute Gasteiger partial charge is 0.495 e. The molecule has 1 amide bonds. The van der Waals surface area contributed by atoms with Gasteiger partial charge in [-0.15, -0.1) is 0 Å². The van der Waals surface area contributed by atoms with Crippen molar-refractivity contribution < 1.29 is 9.53 Å². The van der Waals surface area contributed by atoms with Gasteiger partial charge in [0.05, 0.1) is 25.1 Å². The van der Waals surface area contributed by atoms with Crippen LogP contribution < -0.4 is 15.5 Å².